The lowest BCUT2D eigenvalue weighted by atomic mass is 10.2. The van der Waals surface area contributed by atoms with Gasteiger partial charge in [0.15, 0.2) is 0 Å². The molecule has 0 spiro atoms. The number of amides is 1. The second-order valence-corrected chi connectivity index (χ2v) is 5.93. The van der Waals surface area contributed by atoms with Crippen molar-refractivity contribution in [1.82, 2.24) is 9.88 Å². The smallest absolute Gasteiger partial charge is 0.407 e. The lowest BCUT2D eigenvalue weighted by molar-refractivity contribution is 0.0526. The molecule has 0 radical (unpaired) electrons. The van der Waals surface area contributed by atoms with Crippen LogP contribution < -0.4 is 5.32 Å². The Labute approximate surface area is 126 Å². The summed E-state index contributed by atoms with van der Waals surface area (Å²) in [7, 11) is 1.33. The second kappa shape index (κ2) is 6.78. The molecule has 112 valence electrons. The Morgan fingerprint density at radius 2 is 2.00 bits per heavy atom. The number of carbonyl (C=O) groups excluding carboxylic acids is 2. The molecule has 1 aromatic rings. The molecule has 20 heavy (non-hydrogen) atoms. The fourth-order valence-corrected chi connectivity index (χ4v) is 2.04. The summed E-state index contributed by atoms with van der Waals surface area (Å²) in [6.45, 7) is 6.16. The van der Waals surface area contributed by atoms with Gasteiger partial charge in [-0.05, 0) is 48.8 Å². The normalized spacial score (nSPS) is 11.1. The molecule has 1 heterocycles. The van der Waals surface area contributed by atoms with Crippen LogP contribution >= 0.6 is 15.9 Å². The zero-order valence-electron chi connectivity index (χ0n) is 12.0. The number of alkyl carbamates (subject to hydrolysis) is 1. The van der Waals surface area contributed by atoms with Gasteiger partial charge in [-0.1, -0.05) is 0 Å². The van der Waals surface area contributed by atoms with Gasteiger partial charge < -0.3 is 19.4 Å². The highest BCUT2D eigenvalue weighted by molar-refractivity contribution is 9.10. The largest absolute Gasteiger partial charge is 0.464 e. The molecule has 1 aromatic heterocycles. The standard InChI is InChI=1S/C13H19BrN2O4/c1-13(2,3)20-12(18)15-7-8-16-9(11(17)19-4)5-6-10(16)14/h5-6H,7-8H2,1-4H3,(H,15,18). The molecule has 1 rings (SSSR count). The third-order valence-electron chi connectivity index (χ3n) is 2.33. The van der Waals surface area contributed by atoms with Gasteiger partial charge in [-0.25, -0.2) is 9.59 Å². The summed E-state index contributed by atoms with van der Waals surface area (Å²) in [5.74, 6) is -0.423. The number of aromatic nitrogens is 1. The lowest BCUT2D eigenvalue weighted by Gasteiger charge is -2.20. The van der Waals surface area contributed by atoms with E-state index in [1.165, 1.54) is 7.11 Å². The van der Waals surface area contributed by atoms with Gasteiger partial charge in [-0.3, -0.25) is 0 Å². The van der Waals surface area contributed by atoms with Crippen LogP contribution in [0.1, 0.15) is 31.3 Å². The Balaban J connectivity index is 2.56. The van der Waals surface area contributed by atoms with Crippen molar-refractivity contribution in [2.24, 2.45) is 0 Å². The molecule has 0 aliphatic carbocycles. The average Bonchev–Trinajstić information content (AvgIpc) is 2.68. The zero-order chi connectivity index (χ0) is 15.3. The zero-order valence-corrected chi connectivity index (χ0v) is 13.6. The first-order chi connectivity index (χ1) is 9.24. The van der Waals surface area contributed by atoms with E-state index in [4.69, 9.17) is 9.47 Å². The highest BCUT2D eigenvalue weighted by Crippen LogP contribution is 2.16. The van der Waals surface area contributed by atoms with Gasteiger partial charge in [0, 0.05) is 13.1 Å². The first-order valence-electron chi connectivity index (χ1n) is 6.15. The Hall–Kier alpha value is -1.50. The van der Waals surface area contributed by atoms with Gasteiger partial charge in [0.2, 0.25) is 0 Å². The Morgan fingerprint density at radius 3 is 2.55 bits per heavy atom. The molecule has 0 aliphatic heterocycles. The van der Waals surface area contributed by atoms with Gasteiger partial charge in [0.25, 0.3) is 0 Å². The van der Waals surface area contributed by atoms with E-state index in [9.17, 15) is 9.59 Å². The van der Waals surface area contributed by atoms with Crippen LogP contribution in [0.2, 0.25) is 0 Å². The Morgan fingerprint density at radius 1 is 1.35 bits per heavy atom. The first kappa shape index (κ1) is 16.6. The van der Waals surface area contributed by atoms with Crippen LogP contribution in [0, 0.1) is 0 Å². The maximum atomic E-state index is 11.6. The van der Waals surface area contributed by atoms with Crippen molar-refractivity contribution in [3.05, 3.63) is 22.4 Å². The molecular formula is C13H19BrN2O4. The molecule has 0 saturated heterocycles. The van der Waals surface area contributed by atoms with Crippen molar-refractivity contribution in [2.45, 2.75) is 32.9 Å². The third-order valence-corrected chi connectivity index (χ3v) is 3.02. The minimum absolute atomic E-state index is 0.339. The SMILES string of the molecule is COC(=O)c1ccc(Br)n1CCNC(=O)OC(C)(C)C. The van der Waals surface area contributed by atoms with Gasteiger partial charge in [-0.2, -0.15) is 0 Å². The van der Waals surface area contributed by atoms with Crippen LogP contribution in [0.4, 0.5) is 4.79 Å². The number of hydrogen-bond donors (Lipinski definition) is 1. The molecular weight excluding hydrogens is 328 g/mol. The molecule has 0 fully saturated rings. The highest BCUT2D eigenvalue weighted by Gasteiger charge is 2.17. The molecule has 0 bridgehead atoms. The van der Waals surface area contributed by atoms with Gasteiger partial charge in [0.1, 0.15) is 11.3 Å². The molecule has 0 unspecified atom stereocenters. The van der Waals surface area contributed by atoms with Crippen molar-refractivity contribution in [1.29, 1.82) is 0 Å². The lowest BCUT2D eigenvalue weighted by Crippen LogP contribution is -2.34. The molecule has 0 atom stereocenters. The number of nitrogens with one attached hydrogen (secondary N) is 1. The van der Waals surface area contributed by atoms with Crippen molar-refractivity contribution < 1.29 is 19.1 Å². The maximum Gasteiger partial charge on any atom is 0.407 e. The van der Waals surface area contributed by atoms with E-state index in [1.54, 1.807) is 37.5 Å². The summed E-state index contributed by atoms with van der Waals surface area (Å²) in [5.41, 5.74) is -0.111. The van der Waals surface area contributed by atoms with Crippen molar-refractivity contribution in [3.8, 4) is 0 Å². The Bertz CT molecular complexity index is 491. The van der Waals surface area contributed by atoms with E-state index in [0.717, 1.165) is 4.60 Å². The van der Waals surface area contributed by atoms with Gasteiger partial charge in [0.05, 0.1) is 11.7 Å². The summed E-state index contributed by atoms with van der Waals surface area (Å²) in [5, 5.41) is 2.63. The fourth-order valence-electron chi connectivity index (χ4n) is 1.54. The van der Waals surface area contributed by atoms with Crippen LogP contribution in [0.3, 0.4) is 0 Å². The van der Waals surface area contributed by atoms with E-state index in [-0.39, 0.29) is 0 Å². The minimum Gasteiger partial charge on any atom is -0.464 e. The van der Waals surface area contributed by atoms with Crippen LogP contribution in [0.15, 0.2) is 16.7 Å². The predicted molar refractivity (Wildman–Crippen MR) is 77.7 cm³/mol. The number of methoxy groups -OCH3 is 1. The summed E-state index contributed by atoms with van der Waals surface area (Å²) < 4.78 is 12.3. The number of halogens is 1. The van der Waals surface area contributed by atoms with Gasteiger partial charge in [-0.15, -0.1) is 0 Å². The number of carbonyl (C=O) groups is 2. The number of ether oxygens (including phenoxy) is 2. The third kappa shape index (κ3) is 4.88. The van der Waals surface area contributed by atoms with Crippen LogP contribution in [0.25, 0.3) is 0 Å². The summed E-state index contributed by atoms with van der Waals surface area (Å²) in [6.07, 6.45) is -0.486. The van der Waals surface area contributed by atoms with Crippen LogP contribution in [0.5, 0.6) is 0 Å². The fraction of sp³-hybridized carbons (Fsp3) is 0.538. The number of hydrogen-bond acceptors (Lipinski definition) is 4. The van der Waals surface area contributed by atoms with Crippen LogP contribution in [-0.4, -0.2) is 35.9 Å². The predicted octanol–water partition coefficient (Wildman–Crippen LogP) is 2.56. The maximum absolute atomic E-state index is 11.6. The molecule has 0 saturated carbocycles. The topological polar surface area (TPSA) is 69.6 Å². The van der Waals surface area contributed by atoms with Crippen molar-refractivity contribution >= 4 is 28.0 Å². The summed E-state index contributed by atoms with van der Waals surface area (Å²) >= 11 is 3.34. The van der Waals surface area contributed by atoms with Crippen molar-refractivity contribution in [2.75, 3.05) is 13.7 Å². The second-order valence-electron chi connectivity index (χ2n) is 5.11. The highest BCUT2D eigenvalue weighted by atomic mass is 79.9. The molecule has 7 heteroatoms. The minimum atomic E-state index is -0.532. The monoisotopic (exact) mass is 346 g/mol. The molecule has 1 amide bonds. The molecule has 0 aromatic carbocycles. The van der Waals surface area contributed by atoms with E-state index in [2.05, 4.69) is 21.2 Å². The number of esters is 1. The van der Waals surface area contributed by atoms with Crippen LogP contribution in [-0.2, 0) is 16.0 Å². The molecule has 6 nitrogen and oxygen atoms in total. The van der Waals surface area contributed by atoms with E-state index in [1.807, 2.05) is 0 Å². The van der Waals surface area contributed by atoms with Gasteiger partial charge >= 0.3 is 12.1 Å². The summed E-state index contributed by atoms with van der Waals surface area (Å²) in [4.78, 5) is 23.1. The van der Waals surface area contributed by atoms with E-state index >= 15 is 0 Å². The molecule has 0 aliphatic rings. The summed E-state index contributed by atoms with van der Waals surface area (Å²) in [6, 6.07) is 3.41. The Kier molecular flexibility index (Phi) is 5.62. The molecule has 1 N–H and O–H groups in total. The average molecular weight is 347 g/mol. The van der Waals surface area contributed by atoms with Crippen molar-refractivity contribution in [3.63, 3.8) is 0 Å². The first-order valence-corrected chi connectivity index (χ1v) is 6.94. The number of rotatable bonds is 4. The van der Waals surface area contributed by atoms with E-state index in [0.29, 0.717) is 18.8 Å². The van der Waals surface area contributed by atoms with E-state index < -0.39 is 17.7 Å². The number of nitrogens with zero attached hydrogens (tertiary/aromatic N) is 1. The quantitative estimate of drug-likeness (QED) is 0.850.